The van der Waals surface area contributed by atoms with Crippen LogP contribution in [-0.2, 0) is 17.9 Å². The highest BCUT2D eigenvalue weighted by Crippen LogP contribution is 2.22. The summed E-state index contributed by atoms with van der Waals surface area (Å²) in [5, 5.41) is 0. The molecule has 0 fully saturated rings. The minimum absolute atomic E-state index is 0.0342. The standard InChI is InChI=1S/C16H18N2O3/c17-13-6-5-12(9-13)16(19)18(10-14-3-1-7-20-14)11-15-4-2-8-21-15/h1-8,12-13H,9-11,17H2. The monoisotopic (exact) mass is 286 g/mol. The fourth-order valence-electron chi connectivity index (χ4n) is 2.54. The Kier molecular flexibility index (Phi) is 3.92. The summed E-state index contributed by atoms with van der Waals surface area (Å²) < 4.78 is 10.7. The summed E-state index contributed by atoms with van der Waals surface area (Å²) in [6, 6.07) is 7.32. The van der Waals surface area contributed by atoms with Gasteiger partial charge in [0.1, 0.15) is 11.5 Å². The third-order valence-corrected chi connectivity index (χ3v) is 3.60. The number of furan rings is 2. The van der Waals surface area contributed by atoms with Crippen LogP contribution in [0.1, 0.15) is 17.9 Å². The molecule has 2 aromatic rings. The van der Waals surface area contributed by atoms with Gasteiger partial charge in [-0.3, -0.25) is 4.79 Å². The molecule has 0 saturated heterocycles. The predicted octanol–water partition coefficient (Wildman–Crippen LogP) is 2.30. The zero-order chi connectivity index (χ0) is 14.7. The normalized spacial score (nSPS) is 20.8. The second-order valence-electron chi connectivity index (χ2n) is 5.24. The summed E-state index contributed by atoms with van der Waals surface area (Å²) in [6.45, 7) is 0.845. The number of nitrogens with two attached hydrogens (primary N) is 1. The van der Waals surface area contributed by atoms with Gasteiger partial charge in [-0.1, -0.05) is 12.2 Å². The van der Waals surface area contributed by atoms with Gasteiger partial charge in [0.2, 0.25) is 5.91 Å². The van der Waals surface area contributed by atoms with Crippen LogP contribution in [0, 0.1) is 5.92 Å². The van der Waals surface area contributed by atoms with Gasteiger partial charge in [0.15, 0.2) is 0 Å². The Morgan fingerprint density at radius 2 is 1.76 bits per heavy atom. The molecule has 2 aromatic heterocycles. The Balaban J connectivity index is 1.74. The lowest BCUT2D eigenvalue weighted by Crippen LogP contribution is -2.35. The van der Waals surface area contributed by atoms with Crippen molar-refractivity contribution in [1.29, 1.82) is 0 Å². The molecule has 0 bridgehead atoms. The Morgan fingerprint density at radius 1 is 1.14 bits per heavy atom. The quantitative estimate of drug-likeness (QED) is 0.856. The van der Waals surface area contributed by atoms with Crippen LogP contribution in [0.2, 0.25) is 0 Å². The van der Waals surface area contributed by atoms with E-state index < -0.39 is 0 Å². The van der Waals surface area contributed by atoms with Crippen LogP contribution in [-0.4, -0.2) is 16.8 Å². The molecule has 0 radical (unpaired) electrons. The van der Waals surface area contributed by atoms with Crippen LogP contribution in [0.25, 0.3) is 0 Å². The van der Waals surface area contributed by atoms with Crippen LogP contribution in [0.3, 0.4) is 0 Å². The van der Waals surface area contributed by atoms with Crippen molar-refractivity contribution in [2.75, 3.05) is 0 Å². The highest BCUT2D eigenvalue weighted by atomic mass is 16.3. The molecule has 0 aromatic carbocycles. The summed E-state index contributed by atoms with van der Waals surface area (Å²) in [4.78, 5) is 14.4. The first-order valence-corrected chi connectivity index (χ1v) is 7.00. The first-order valence-electron chi connectivity index (χ1n) is 7.00. The number of amides is 1. The molecule has 3 rings (SSSR count). The topological polar surface area (TPSA) is 72.6 Å². The molecule has 1 amide bonds. The van der Waals surface area contributed by atoms with E-state index in [0.717, 1.165) is 11.5 Å². The van der Waals surface area contributed by atoms with E-state index in [4.69, 9.17) is 14.6 Å². The zero-order valence-electron chi connectivity index (χ0n) is 11.6. The summed E-state index contributed by atoms with van der Waals surface area (Å²) >= 11 is 0. The molecule has 110 valence electrons. The van der Waals surface area contributed by atoms with Crippen molar-refractivity contribution in [1.82, 2.24) is 4.90 Å². The van der Waals surface area contributed by atoms with Crippen LogP contribution >= 0.6 is 0 Å². The van der Waals surface area contributed by atoms with E-state index in [9.17, 15) is 4.79 Å². The van der Waals surface area contributed by atoms with Gasteiger partial charge in [0, 0.05) is 6.04 Å². The summed E-state index contributed by atoms with van der Waals surface area (Å²) in [5.74, 6) is 1.39. The van der Waals surface area contributed by atoms with E-state index in [-0.39, 0.29) is 17.9 Å². The second-order valence-corrected chi connectivity index (χ2v) is 5.24. The highest BCUT2D eigenvalue weighted by Gasteiger charge is 2.28. The average Bonchev–Trinajstić information content (AvgIpc) is 3.19. The molecule has 1 aliphatic carbocycles. The summed E-state index contributed by atoms with van der Waals surface area (Å²) in [6.07, 6.45) is 7.66. The largest absolute Gasteiger partial charge is 0.467 e. The fraction of sp³-hybridized carbons (Fsp3) is 0.312. The SMILES string of the molecule is NC1C=CC(C(=O)N(Cc2ccco2)Cc2ccco2)C1. The lowest BCUT2D eigenvalue weighted by atomic mass is 10.1. The smallest absolute Gasteiger partial charge is 0.230 e. The third-order valence-electron chi connectivity index (χ3n) is 3.60. The first kappa shape index (κ1) is 13.7. The second kappa shape index (κ2) is 6.01. The molecule has 2 heterocycles. The molecule has 21 heavy (non-hydrogen) atoms. The number of carbonyl (C=O) groups is 1. The number of rotatable bonds is 5. The highest BCUT2D eigenvalue weighted by molar-refractivity contribution is 5.81. The van der Waals surface area contributed by atoms with Crippen molar-refractivity contribution >= 4 is 5.91 Å². The Bertz CT molecular complexity index is 565. The first-order chi connectivity index (χ1) is 10.2. The van der Waals surface area contributed by atoms with Gasteiger partial charge in [0.05, 0.1) is 31.5 Å². The molecule has 0 aliphatic heterocycles. The number of carbonyl (C=O) groups excluding carboxylic acids is 1. The Morgan fingerprint density at radius 3 is 2.19 bits per heavy atom. The minimum atomic E-state index is -0.162. The number of hydrogen-bond donors (Lipinski definition) is 1. The minimum Gasteiger partial charge on any atom is -0.467 e. The molecule has 2 N–H and O–H groups in total. The van der Waals surface area contributed by atoms with Crippen LogP contribution in [0.5, 0.6) is 0 Å². The van der Waals surface area contributed by atoms with Crippen molar-refractivity contribution in [3.63, 3.8) is 0 Å². The van der Waals surface area contributed by atoms with Gasteiger partial charge in [0.25, 0.3) is 0 Å². The van der Waals surface area contributed by atoms with Crippen molar-refractivity contribution in [2.45, 2.75) is 25.6 Å². The van der Waals surface area contributed by atoms with Gasteiger partial charge in [-0.05, 0) is 30.7 Å². The van der Waals surface area contributed by atoms with Gasteiger partial charge in [-0.15, -0.1) is 0 Å². The van der Waals surface area contributed by atoms with E-state index in [1.165, 1.54) is 0 Å². The summed E-state index contributed by atoms with van der Waals surface area (Å²) in [5.41, 5.74) is 5.84. The maximum absolute atomic E-state index is 12.7. The zero-order valence-corrected chi connectivity index (χ0v) is 11.6. The molecule has 2 atom stereocenters. The predicted molar refractivity (Wildman–Crippen MR) is 76.9 cm³/mol. The molecule has 2 unspecified atom stereocenters. The molecule has 1 aliphatic rings. The van der Waals surface area contributed by atoms with Gasteiger partial charge >= 0.3 is 0 Å². The third kappa shape index (κ3) is 3.25. The average molecular weight is 286 g/mol. The molecule has 0 saturated carbocycles. The molecule has 0 spiro atoms. The number of nitrogens with zero attached hydrogens (tertiary/aromatic N) is 1. The van der Waals surface area contributed by atoms with Gasteiger partial charge in [-0.25, -0.2) is 0 Å². The maximum Gasteiger partial charge on any atom is 0.230 e. The van der Waals surface area contributed by atoms with Crippen molar-refractivity contribution < 1.29 is 13.6 Å². The van der Waals surface area contributed by atoms with Crippen LogP contribution in [0.15, 0.2) is 57.8 Å². The Labute approximate surface area is 123 Å². The van der Waals surface area contributed by atoms with Crippen molar-refractivity contribution in [2.24, 2.45) is 11.7 Å². The van der Waals surface area contributed by atoms with E-state index in [0.29, 0.717) is 19.5 Å². The fourth-order valence-corrected chi connectivity index (χ4v) is 2.54. The van der Waals surface area contributed by atoms with E-state index in [2.05, 4.69) is 0 Å². The molecule has 5 nitrogen and oxygen atoms in total. The Hall–Kier alpha value is -2.27. The van der Waals surface area contributed by atoms with Crippen molar-refractivity contribution in [3.8, 4) is 0 Å². The lowest BCUT2D eigenvalue weighted by Gasteiger charge is -2.23. The van der Waals surface area contributed by atoms with E-state index in [1.54, 1.807) is 17.4 Å². The van der Waals surface area contributed by atoms with Crippen LogP contribution < -0.4 is 5.73 Å². The molecular formula is C16H18N2O3. The maximum atomic E-state index is 12.7. The molecule has 5 heteroatoms. The van der Waals surface area contributed by atoms with E-state index >= 15 is 0 Å². The molecular weight excluding hydrogens is 268 g/mol. The summed E-state index contributed by atoms with van der Waals surface area (Å²) in [7, 11) is 0. The van der Waals surface area contributed by atoms with Gasteiger partial charge in [-0.2, -0.15) is 0 Å². The van der Waals surface area contributed by atoms with Gasteiger partial charge < -0.3 is 19.5 Å². The lowest BCUT2D eigenvalue weighted by molar-refractivity contribution is -0.135. The number of hydrogen-bond acceptors (Lipinski definition) is 4. The van der Waals surface area contributed by atoms with E-state index in [1.807, 2.05) is 36.4 Å². The van der Waals surface area contributed by atoms with Crippen molar-refractivity contribution in [3.05, 3.63) is 60.5 Å². The van der Waals surface area contributed by atoms with Crippen LogP contribution in [0.4, 0.5) is 0 Å².